The van der Waals surface area contributed by atoms with E-state index in [4.69, 9.17) is 10.00 Å². The summed E-state index contributed by atoms with van der Waals surface area (Å²) in [5, 5.41) is 8.77. The fraction of sp³-hybridized carbons (Fsp3) is 0.308. The van der Waals surface area contributed by atoms with Crippen LogP contribution in [0.5, 0.6) is 5.75 Å². The fourth-order valence-electron chi connectivity index (χ4n) is 1.93. The lowest BCUT2D eigenvalue weighted by molar-refractivity contribution is 0.414. The monoisotopic (exact) mass is 199 g/mol. The number of allylic oxidation sites excluding steroid dienone is 2. The van der Waals surface area contributed by atoms with Crippen LogP contribution in [0.4, 0.5) is 0 Å². The van der Waals surface area contributed by atoms with Crippen molar-refractivity contribution in [2.45, 2.75) is 18.8 Å². The summed E-state index contributed by atoms with van der Waals surface area (Å²) in [6.07, 6.45) is 4.03. The van der Waals surface area contributed by atoms with Crippen molar-refractivity contribution in [1.29, 1.82) is 5.26 Å². The molecule has 0 heterocycles. The van der Waals surface area contributed by atoms with E-state index in [-0.39, 0.29) is 0 Å². The summed E-state index contributed by atoms with van der Waals surface area (Å²) in [6.45, 7) is 0. The molecule has 1 aliphatic rings. The number of nitrogens with zero attached hydrogens (tertiary/aromatic N) is 1. The molecule has 76 valence electrons. The minimum atomic E-state index is 0.408. The predicted octanol–water partition coefficient (Wildman–Crippen LogP) is 3.02. The van der Waals surface area contributed by atoms with Crippen molar-refractivity contribution in [1.82, 2.24) is 0 Å². The molecule has 0 radical (unpaired) electrons. The first-order valence-electron chi connectivity index (χ1n) is 5.08. The van der Waals surface area contributed by atoms with Gasteiger partial charge in [0.15, 0.2) is 0 Å². The SMILES string of the molecule is COc1ccc([C@H]2C=C(C#N)CC2)cc1. The maximum absolute atomic E-state index is 8.77. The summed E-state index contributed by atoms with van der Waals surface area (Å²) in [4.78, 5) is 0. The van der Waals surface area contributed by atoms with Crippen molar-refractivity contribution < 1.29 is 4.74 Å². The number of hydrogen-bond acceptors (Lipinski definition) is 2. The van der Waals surface area contributed by atoms with Crippen LogP contribution in [0, 0.1) is 11.3 Å². The Kier molecular flexibility index (Phi) is 2.73. The summed E-state index contributed by atoms with van der Waals surface area (Å²) in [5.74, 6) is 1.28. The first-order chi connectivity index (χ1) is 7.33. The van der Waals surface area contributed by atoms with Crippen LogP contribution in [0.25, 0.3) is 0 Å². The van der Waals surface area contributed by atoms with Crippen LogP contribution in [-0.2, 0) is 0 Å². The highest BCUT2D eigenvalue weighted by Crippen LogP contribution is 2.32. The topological polar surface area (TPSA) is 33.0 Å². The largest absolute Gasteiger partial charge is 0.497 e. The summed E-state index contributed by atoms with van der Waals surface area (Å²) >= 11 is 0. The van der Waals surface area contributed by atoms with Crippen LogP contribution in [0.15, 0.2) is 35.9 Å². The summed E-state index contributed by atoms with van der Waals surface area (Å²) in [5.41, 5.74) is 2.18. The highest BCUT2D eigenvalue weighted by molar-refractivity contribution is 5.37. The van der Waals surface area contributed by atoms with E-state index in [9.17, 15) is 0 Å². The molecule has 15 heavy (non-hydrogen) atoms. The second-order valence-corrected chi connectivity index (χ2v) is 3.72. The molecule has 1 atom stereocenters. The molecule has 0 fully saturated rings. The minimum Gasteiger partial charge on any atom is -0.497 e. The molecular formula is C13H13NO. The molecular weight excluding hydrogens is 186 g/mol. The van der Waals surface area contributed by atoms with Gasteiger partial charge in [0, 0.05) is 11.5 Å². The average molecular weight is 199 g/mol. The molecule has 0 N–H and O–H groups in total. The van der Waals surface area contributed by atoms with Crippen LogP contribution in [-0.4, -0.2) is 7.11 Å². The van der Waals surface area contributed by atoms with Gasteiger partial charge in [-0.25, -0.2) is 0 Å². The smallest absolute Gasteiger partial charge is 0.118 e. The molecule has 2 heteroatoms. The van der Waals surface area contributed by atoms with Gasteiger partial charge in [0.1, 0.15) is 5.75 Å². The molecule has 0 saturated heterocycles. The van der Waals surface area contributed by atoms with E-state index in [0.717, 1.165) is 24.2 Å². The zero-order valence-electron chi connectivity index (χ0n) is 8.73. The van der Waals surface area contributed by atoms with Crippen LogP contribution in [0.1, 0.15) is 24.3 Å². The molecule has 1 aliphatic carbocycles. The van der Waals surface area contributed by atoms with Crippen LogP contribution < -0.4 is 4.74 Å². The number of rotatable bonds is 2. The Morgan fingerprint density at radius 2 is 2.07 bits per heavy atom. The quantitative estimate of drug-likeness (QED) is 0.733. The normalized spacial score (nSPS) is 19.5. The van der Waals surface area contributed by atoms with Gasteiger partial charge in [-0.2, -0.15) is 5.26 Å². The molecule has 0 saturated carbocycles. The molecule has 0 spiro atoms. The molecule has 0 aliphatic heterocycles. The highest BCUT2D eigenvalue weighted by Gasteiger charge is 2.16. The molecule has 0 unspecified atom stereocenters. The second-order valence-electron chi connectivity index (χ2n) is 3.72. The van der Waals surface area contributed by atoms with Gasteiger partial charge in [-0.3, -0.25) is 0 Å². The molecule has 0 aromatic heterocycles. The summed E-state index contributed by atoms with van der Waals surface area (Å²) < 4.78 is 5.11. The third-order valence-corrected chi connectivity index (χ3v) is 2.81. The lowest BCUT2D eigenvalue weighted by Crippen LogP contribution is -1.90. The van der Waals surface area contributed by atoms with E-state index in [1.165, 1.54) is 5.56 Å². The minimum absolute atomic E-state index is 0.408. The van der Waals surface area contributed by atoms with E-state index >= 15 is 0 Å². The van der Waals surface area contributed by atoms with Gasteiger partial charge in [0.2, 0.25) is 0 Å². The number of benzene rings is 1. The maximum atomic E-state index is 8.77. The zero-order valence-corrected chi connectivity index (χ0v) is 8.73. The lowest BCUT2D eigenvalue weighted by Gasteiger charge is -2.08. The Morgan fingerprint density at radius 1 is 1.33 bits per heavy atom. The Bertz CT molecular complexity index is 411. The van der Waals surface area contributed by atoms with Gasteiger partial charge in [-0.05, 0) is 30.5 Å². The predicted molar refractivity (Wildman–Crippen MR) is 58.7 cm³/mol. The molecule has 2 nitrogen and oxygen atoms in total. The van der Waals surface area contributed by atoms with Gasteiger partial charge in [0.05, 0.1) is 13.2 Å². The lowest BCUT2D eigenvalue weighted by atomic mass is 9.99. The van der Waals surface area contributed by atoms with Gasteiger partial charge in [-0.1, -0.05) is 18.2 Å². The third kappa shape index (κ3) is 2.02. The Labute approximate surface area is 89.8 Å². The Hall–Kier alpha value is -1.75. The van der Waals surface area contributed by atoms with Gasteiger partial charge in [-0.15, -0.1) is 0 Å². The standard InChI is InChI=1S/C13H13NO/c1-15-13-6-4-11(5-7-13)12-3-2-10(8-12)9-14/h4-8,12H,2-3H2,1H3/t12-/m1/s1. The van der Waals surface area contributed by atoms with Crippen molar-refractivity contribution in [2.75, 3.05) is 7.11 Å². The van der Waals surface area contributed by atoms with Crippen molar-refractivity contribution in [2.24, 2.45) is 0 Å². The van der Waals surface area contributed by atoms with E-state index < -0.39 is 0 Å². The highest BCUT2D eigenvalue weighted by atomic mass is 16.5. The van der Waals surface area contributed by atoms with Crippen molar-refractivity contribution in [3.63, 3.8) is 0 Å². The summed E-state index contributed by atoms with van der Waals surface area (Å²) in [7, 11) is 1.66. The molecule has 2 rings (SSSR count). The van der Waals surface area contributed by atoms with Crippen molar-refractivity contribution in [3.8, 4) is 11.8 Å². The fourth-order valence-corrected chi connectivity index (χ4v) is 1.93. The van der Waals surface area contributed by atoms with E-state index in [1.54, 1.807) is 7.11 Å². The Balaban J connectivity index is 2.18. The number of hydrogen-bond donors (Lipinski definition) is 0. The van der Waals surface area contributed by atoms with E-state index in [1.807, 2.05) is 12.1 Å². The Morgan fingerprint density at radius 3 is 2.60 bits per heavy atom. The van der Waals surface area contributed by atoms with E-state index in [0.29, 0.717) is 5.92 Å². The van der Waals surface area contributed by atoms with E-state index in [2.05, 4.69) is 24.3 Å². The van der Waals surface area contributed by atoms with Crippen LogP contribution in [0.3, 0.4) is 0 Å². The van der Waals surface area contributed by atoms with Crippen LogP contribution in [0.2, 0.25) is 0 Å². The molecule has 1 aromatic rings. The number of ether oxygens (including phenoxy) is 1. The maximum Gasteiger partial charge on any atom is 0.118 e. The van der Waals surface area contributed by atoms with Gasteiger partial charge < -0.3 is 4.74 Å². The summed E-state index contributed by atoms with van der Waals surface area (Å²) in [6, 6.07) is 10.3. The third-order valence-electron chi connectivity index (χ3n) is 2.81. The van der Waals surface area contributed by atoms with Crippen LogP contribution >= 0.6 is 0 Å². The average Bonchev–Trinajstić information content (AvgIpc) is 2.78. The van der Waals surface area contributed by atoms with Crippen molar-refractivity contribution in [3.05, 3.63) is 41.5 Å². The first-order valence-corrected chi connectivity index (χ1v) is 5.08. The molecule has 0 bridgehead atoms. The number of nitriles is 1. The van der Waals surface area contributed by atoms with Gasteiger partial charge >= 0.3 is 0 Å². The molecule has 0 amide bonds. The van der Waals surface area contributed by atoms with Gasteiger partial charge in [0.25, 0.3) is 0 Å². The van der Waals surface area contributed by atoms with Crippen molar-refractivity contribution >= 4 is 0 Å². The number of methoxy groups -OCH3 is 1. The first kappa shape index (κ1) is 9.79. The zero-order chi connectivity index (χ0) is 10.7. The second kappa shape index (κ2) is 4.18. The molecule has 1 aromatic carbocycles.